The second kappa shape index (κ2) is 9.78. The second-order valence-electron chi connectivity index (χ2n) is 7.33. The molecule has 1 N–H and O–H groups in total. The Morgan fingerprint density at radius 1 is 0.862 bits per heavy atom. The van der Waals surface area contributed by atoms with E-state index in [1.54, 1.807) is 11.3 Å². The van der Waals surface area contributed by atoms with Crippen LogP contribution in [0.2, 0.25) is 0 Å². The minimum Gasteiger partial charge on any atom is -0.347 e. The van der Waals surface area contributed by atoms with Crippen LogP contribution in [0.3, 0.4) is 0 Å². The maximum atomic E-state index is 12.4. The number of piperazine rings is 1. The van der Waals surface area contributed by atoms with Crippen LogP contribution in [0.15, 0.2) is 66.0 Å². The van der Waals surface area contributed by atoms with Gasteiger partial charge < -0.3 is 5.32 Å². The Morgan fingerprint density at radius 2 is 1.45 bits per heavy atom. The zero-order valence-electron chi connectivity index (χ0n) is 16.5. The molecule has 1 aliphatic heterocycles. The second-order valence-corrected chi connectivity index (χ2v) is 8.28. The fraction of sp³-hybridized carbons (Fsp3) is 0.304. The van der Waals surface area contributed by atoms with Gasteiger partial charge in [-0.3, -0.25) is 14.6 Å². The highest BCUT2D eigenvalue weighted by atomic mass is 32.1. The first-order valence-electron chi connectivity index (χ1n) is 10.0. The normalized spacial score (nSPS) is 15.3. The highest BCUT2D eigenvalue weighted by Gasteiger charge is 2.19. The molecule has 1 aliphatic rings. The quantitative estimate of drug-likeness (QED) is 0.653. The molecule has 2 aromatic carbocycles. The molecule has 0 atom stereocenters. The summed E-state index contributed by atoms with van der Waals surface area (Å²) in [4.78, 5) is 21.8. The Kier molecular flexibility index (Phi) is 6.67. The third-order valence-electron chi connectivity index (χ3n) is 5.15. The van der Waals surface area contributed by atoms with E-state index >= 15 is 0 Å². The van der Waals surface area contributed by atoms with E-state index in [4.69, 9.17) is 0 Å². The Hall–Kier alpha value is -2.54. The number of nitrogens with zero attached hydrogens (tertiary/aromatic N) is 3. The van der Waals surface area contributed by atoms with Gasteiger partial charge in [0.1, 0.15) is 10.7 Å². The highest BCUT2D eigenvalue weighted by Crippen LogP contribution is 2.15. The van der Waals surface area contributed by atoms with Gasteiger partial charge in [-0.2, -0.15) is 0 Å². The van der Waals surface area contributed by atoms with Gasteiger partial charge >= 0.3 is 0 Å². The van der Waals surface area contributed by atoms with E-state index in [0.29, 0.717) is 12.2 Å². The Bertz CT molecular complexity index is 905. The summed E-state index contributed by atoms with van der Waals surface area (Å²) >= 11 is 1.57. The number of thiazole rings is 1. The summed E-state index contributed by atoms with van der Waals surface area (Å²) in [7, 11) is 0. The lowest BCUT2D eigenvalue weighted by Gasteiger charge is -2.34. The molecule has 29 heavy (non-hydrogen) atoms. The summed E-state index contributed by atoms with van der Waals surface area (Å²) < 4.78 is 0. The molecule has 1 aromatic heterocycles. The molecule has 150 valence electrons. The average molecular weight is 407 g/mol. The smallest absolute Gasteiger partial charge is 0.271 e. The Morgan fingerprint density at radius 3 is 2.10 bits per heavy atom. The first kappa shape index (κ1) is 19.8. The van der Waals surface area contributed by atoms with Crippen molar-refractivity contribution in [2.75, 3.05) is 26.2 Å². The van der Waals surface area contributed by atoms with E-state index < -0.39 is 0 Å². The average Bonchev–Trinajstić information content (AvgIpc) is 3.23. The Labute approximate surface area is 176 Å². The van der Waals surface area contributed by atoms with E-state index in [1.807, 2.05) is 35.7 Å². The summed E-state index contributed by atoms with van der Waals surface area (Å²) in [6.07, 6.45) is 0. The molecule has 0 aliphatic carbocycles. The molecule has 6 heteroatoms. The van der Waals surface area contributed by atoms with E-state index in [9.17, 15) is 4.79 Å². The predicted molar refractivity (Wildman–Crippen MR) is 117 cm³/mol. The minimum atomic E-state index is -0.107. The molecule has 0 spiro atoms. The monoisotopic (exact) mass is 406 g/mol. The molecule has 2 heterocycles. The largest absolute Gasteiger partial charge is 0.347 e. The number of amides is 1. The van der Waals surface area contributed by atoms with Crippen molar-refractivity contribution >= 4 is 17.2 Å². The van der Waals surface area contributed by atoms with Crippen LogP contribution in [-0.4, -0.2) is 46.9 Å². The van der Waals surface area contributed by atoms with Gasteiger partial charge in [0.25, 0.3) is 5.91 Å². The summed E-state index contributed by atoms with van der Waals surface area (Å²) in [5.41, 5.74) is 2.97. The van der Waals surface area contributed by atoms with Crippen molar-refractivity contribution in [1.82, 2.24) is 20.1 Å². The summed E-state index contributed by atoms with van der Waals surface area (Å²) in [5, 5.41) is 5.81. The van der Waals surface area contributed by atoms with Crippen molar-refractivity contribution in [2.24, 2.45) is 0 Å². The van der Waals surface area contributed by atoms with Gasteiger partial charge in [0.2, 0.25) is 0 Å². The van der Waals surface area contributed by atoms with Crippen LogP contribution in [0.1, 0.15) is 26.6 Å². The maximum absolute atomic E-state index is 12.4. The zero-order chi connectivity index (χ0) is 19.9. The lowest BCUT2D eigenvalue weighted by molar-refractivity contribution is 0.0945. The van der Waals surface area contributed by atoms with Crippen LogP contribution in [0.5, 0.6) is 0 Å². The fourth-order valence-corrected chi connectivity index (χ4v) is 4.31. The zero-order valence-corrected chi connectivity index (χ0v) is 17.3. The van der Waals surface area contributed by atoms with Crippen molar-refractivity contribution in [3.63, 3.8) is 0 Å². The molecule has 3 aromatic rings. The van der Waals surface area contributed by atoms with Gasteiger partial charge in [0.15, 0.2) is 0 Å². The molecule has 1 fully saturated rings. The number of aromatic nitrogens is 1. The van der Waals surface area contributed by atoms with Crippen LogP contribution < -0.4 is 5.32 Å². The van der Waals surface area contributed by atoms with Crippen molar-refractivity contribution < 1.29 is 4.79 Å². The molecular formula is C23H26N4OS. The number of nitrogens with one attached hydrogen (secondary N) is 1. The number of rotatable bonds is 7. The van der Waals surface area contributed by atoms with Gasteiger partial charge in [-0.15, -0.1) is 11.3 Å². The standard InChI is InChI=1S/C23H26N4OS/c28-23(24-15-19-7-3-1-4-8-19)21-18-29-22(25-21)17-27-13-11-26(12-14-27)16-20-9-5-2-6-10-20/h1-10,18H,11-17H2,(H,24,28). The lowest BCUT2D eigenvalue weighted by Crippen LogP contribution is -2.45. The predicted octanol–water partition coefficient (Wildman–Crippen LogP) is 3.39. The summed E-state index contributed by atoms with van der Waals surface area (Å²) in [6.45, 7) is 6.53. The SMILES string of the molecule is O=C(NCc1ccccc1)c1csc(CN2CCN(Cc3ccccc3)CC2)n1. The van der Waals surface area contributed by atoms with Gasteiger partial charge in [-0.1, -0.05) is 60.7 Å². The summed E-state index contributed by atoms with van der Waals surface area (Å²) in [6, 6.07) is 20.6. The van der Waals surface area contributed by atoms with Gasteiger partial charge in [0, 0.05) is 44.6 Å². The molecule has 0 unspecified atom stereocenters. The molecule has 0 saturated carbocycles. The lowest BCUT2D eigenvalue weighted by atomic mass is 10.2. The van der Waals surface area contributed by atoms with Gasteiger partial charge in [0.05, 0.1) is 6.54 Å². The number of carbonyl (C=O) groups is 1. The first-order chi connectivity index (χ1) is 14.3. The van der Waals surface area contributed by atoms with Crippen molar-refractivity contribution in [2.45, 2.75) is 19.6 Å². The van der Waals surface area contributed by atoms with Gasteiger partial charge in [-0.25, -0.2) is 4.98 Å². The van der Waals surface area contributed by atoms with E-state index in [-0.39, 0.29) is 5.91 Å². The number of hydrogen-bond acceptors (Lipinski definition) is 5. The maximum Gasteiger partial charge on any atom is 0.271 e. The third-order valence-corrected chi connectivity index (χ3v) is 5.99. The first-order valence-corrected chi connectivity index (χ1v) is 10.9. The number of carbonyl (C=O) groups excluding carboxylic acids is 1. The number of benzene rings is 2. The Balaban J connectivity index is 1.23. The van der Waals surface area contributed by atoms with Crippen LogP contribution in [-0.2, 0) is 19.6 Å². The fourth-order valence-electron chi connectivity index (χ4n) is 3.49. The van der Waals surface area contributed by atoms with Crippen molar-refractivity contribution in [1.29, 1.82) is 0 Å². The van der Waals surface area contributed by atoms with Crippen molar-refractivity contribution in [3.05, 3.63) is 87.9 Å². The number of hydrogen-bond donors (Lipinski definition) is 1. The van der Waals surface area contributed by atoms with Crippen LogP contribution in [0.4, 0.5) is 0 Å². The molecule has 1 saturated heterocycles. The molecule has 1 amide bonds. The topological polar surface area (TPSA) is 48.5 Å². The van der Waals surface area contributed by atoms with E-state index in [1.165, 1.54) is 5.56 Å². The van der Waals surface area contributed by atoms with Crippen LogP contribution in [0.25, 0.3) is 0 Å². The highest BCUT2D eigenvalue weighted by molar-refractivity contribution is 7.09. The molecule has 0 bridgehead atoms. The van der Waals surface area contributed by atoms with Crippen LogP contribution >= 0.6 is 11.3 Å². The van der Waals surface area contributed by atoms with Crippen LogP contribution in [0, 0.1) is 0 Å². The molecule has 5 nitrogen and oxygen atoms in total. The van der Waals surface area contributed by atoms with E-state index in [2.05, 4.69) is 50.4 Å². The molecular weight excluding hydrogens is 380 g/mol. The third kappa shape index (κ3) is 5.73. The van der Waals surface area contributed by atoms with Gasteiger partial charge in [-0.05, 0) is 11.1 Å². The van der Waals surface area contributed by atoms with Crippen molar-refractivity contribution in [3.8, 4) is 0 Å². The molecule has 0 radical (unpaired) electrons. The minimum absolute atomic E-state index is 0.107. The molecule has 4 rings (SSSR count). The van der Waals surface area contributed by atoms with E-state index in [0.717, 1.165) is 49.8 Å². The summed E-state index contributed by atoms with van der Waals surface area (Å²) in [5.74, 6) is -0.107.